The predicted molar refractivity (Wildman–Crippen MR) is 93.1 cm³/mol. The van der Waals surface area contributed by atoms with Gasteiger partial charge in [0, 0.05) is 39.8 Å². The lowest BCUT2D eigenvalue weighted by Crippen LogP contribution is -2.36. The van der Waals surface area contributed by atoms with Gasteiger partial charge >= 0.3 is 0 Å². The average molecular weight is 338 g/mol. The van der Waals surface area contributed by atoms with E-state index in [2.05, 4.69) is 12.2 Å². The molecule has 1 heterocycles. The number of carbonyl (C=O) groups excluding carboxylic acids is 2. The minimum Gasteiger partial charge on any atom is -0.466 e. The van der Waals surface area contributed by atoms with Gasteiger partial charge in [-0.2, -0.15) is 0 Å². The molecular weight excluding hydrogens is 308 g/mol. The lowest BCUT2D eigenvalue weighted by Gasteiger charge is -2.22. The van der Waals surface area contributed by atoms with Crippen LogP contribution in [-0.2, 0) is 9.53 Å². The van der Waals surface area contributed by atoms with Crippen molar-refractivity contribution in [2.45, 2.75) is 46.5 Å². The van der Waals surface area contributed by atoms with Crippen molar-refractivity contribution >= 4 is 11.8 Å². The van der Waals surface area contributed by atoms with E-state index in [-0.39, 0.29) is 11.8 Å². The molecule has 0 fully saturated rings. The predicted octanol–water partition coefficient (Wildman–Crippen LogP) is 2.68. The fraction of sp³-hybridized carbons (Fsp3) is 0.667. The number of methoxy groups -OCH3 is 1. The molecule has 0 saturated heterocycles. The molecule has 0 radical (unpaired) electrons. The molecule has 0 unspecified atom stereocenters. The third-order valence-corrected chi connectivity index (χ3v) is 3.80. The maximum absolute atomic E-state index is 12.7. The van der Waals surface area contributed by atoms with E-state index in [1.165, 1.54) is 0 Å². The number of furan rings is 1. The van der Waals surface area contributed by atoms with Crippen LogP contribution in [0.4, 0.5) is 0 Å². The summed E-state index contributed by atoms with van der Waals surface area (Å²) in [5.41, 5.74) is 0.587. The van der Waals surface area contributed by atoms with Gasteiger partial charge in [0.1, 0.15) is 11.5 Å². The Labute approximate surface area is 144 Å². The zero-order valence-electron chi connectivity index (χ0n) is 15.3. The van der Waals surface area contributed by atoms with Crippen LogP contribution < -0.4 is 5.32 Å². The van der Waals surface area contributed by atoms with Gasteiger partial charge in [0.15, 0.2) is 0 Å². The minimum atomic E-state index is -0.0648. The third kappa shape index (κ3) is 6.74. The van der Waals surface area contributed by atoms with Crippen molar-refractivity contribution in [1.82, 2.24) is 10.2 Å². The highest BCUT2D eigenvalue weighted by atomic mass is 16.5. The van der Waals surface area contributed by atoms with Crippen molar-refractivity contribution in [2.24, 2.45) is 0 Å². The SMILES string of the molecule is CCCCN(CCC(=O)NCCCOC)C(=O)c1cc(C)oc1C. The Hall–Kier alpha value is -1.82. The van der Waals surface area contributed by atoms with Crippen LogP contribution in [0.2, 0.25) is 0 Å². The number of ether oxygens (including phenoxy) is 1. The molecule has 2 amide bonds. The molecule has 6 heteroatoms. The van der Waals surface area contributed by atoms with Gasteiger partial charge in [-0.25, -0.2) is 0 Å². The van der Waals surface area contributed by atoms with Gasteiger partial charge in [-0.15, -0.1) is 0 Å². The minimum absolute atomic E-state index is 0.0412. The molecule has 0 aliphatic carbocycles. The number of rotatable bonds is 11. The summed E-state index contributed by atoms with van der Waals surface area (Å²) >= 11 is 0. The van der Waals surface area contributed by atoms with Crippen LogP contribution in [-0.4, -0.2) is 50.1 Å². The molecule has 0 aromatic carbocycles. The van der Waals surface area contributed by atoms with Crippen molar-refractivity contribution in [2.75, 3.05) is 33.4 Å². The summed E-state index contributed by atoms with van der Waals surface area (Å²) in [7, 11) is 1.64. The van der Waals surface area contributed by atoms with E-state index in [0.717, 1.165) is 25.0 Å². The standard InChI is InChI=1S/C18H30N2O4/c1-5-6-10-20(11-8-17(21)19-9-7-12-23-4)18(22)16-13-14(2)24-15(16)3/h13H,5-12H2,1-4H3,(H,19,21). The molecule has 0 saturated carbocycles. The van der Waals surface area contributed by atoms with Crippen molar-refractivity contribution in [1.29, 1.82) is 0 Å². The van der Waals surface area contributed by atoms with Gasteiger partial charge < -0.3 is 19.4 Å². The third-order valence-electron chi connectivity index (χ3n) is 3.80. The van der Waals surface area contributed by atoms with E-state index in [4.69, 9.17) is 9.15 Å². The van der Waals surface area contributed by atoms with Crippen LogP contribution >= 0.6 is 0 Å². The second-order valence-corrected chi connectivity index (χ2v) is 5.92. The van der Waals surface area contributed by atoms with E-state index in [1.807, 2.05) is 6.92 Å². The topological polar surface area (TPSA) is 71.8 Å². The summed E-state index contributed by atoms with van der Waals surface area (Å²) in [6.07, 6.45) is 3.00. The molecule has 0 bridgehead atoms. The van der Waals surface area contributed by atoms with Crippen LogP contribution in [0, 0.1) is 13.8 Å². The first kappa shape index (κ1) is 20.2. The molecule has 1 aromatic rings. The van der Waals surface area contributed by atoms with Gasteiger partial charge in [0.05, 0.1) is 5.56 Å². The summed E-state index contributed by atoms with van der Waals surface area (Å²) in [5, 5.41) is 2.85. The monoisotopic (exact) mass is 338 g/mol. The summed E-state index contributed by atoms with van der Waals surface area (Å²) in [6.45, 7) is 7.98. The summed E-state index contributed by atoms with van der Waals surface area (Å²) in [5.74, 6) is 1.25. The average Bonchev–Trinajstić information content (AvgIpc) is 2.89. The van der Waals surface area contributed by atoms with Crippen LogP contribution in [0.15, 0.2) is 10.5 Å². The summed E-state index contributed by atoms with van der Waals surface area (Å²) < 4.78 is 10.4. The normalized spacial score (nSPS) is 10.7. The van der Waals surface area contributed by atoms with Crippen LogP contribution in [0.1, 0.15) is 54.5 Å². The largest absolute Gasteiger partial charge is 0.466 e. The molecule has 136 valence electrons. The molecule has 1 N–H and O–H groups in total. The van der Waals surface area contributed by atoms with Crippen LogP contribution in [0.5, 0.6) is 0 Å². The Morgan fingerprint density at radius 1 is 1.25 bits per heavy atom. The van der Waals surface area contributed by atoms with Gasteiger partial charge in [-0.1, -0.05) is 13.3 Å². The molecule has 0 aliphatic heterocycles. The molecule has 0 atom stereocenters. The van der Waals surface area contributed by atoms with E-state index < -0.39 is 0 Å². The molecule has 0 spiro atoms. The number of nitrogens with zero attached hydrogens (tertiary/aromatic N) is 1. The molecule has 1 aromatic heterocycles. The Balaban J connectivity index is 2.57. The van der Waals surface area contributed by atoms with Gasteiger partial charge in [0.25, 0.3) is 5.91 Å². The van der Waals surface area contributed by atoms with Crippen LogP contribution in [0.25, 0.3) is 0 Å². The van der Waals surface area contributed by atoms with Gasteiger partial charge in [-0.05, 0) is 32.8 Å². The quantitative estimate of drug-likeness (QED) is 0.630. The van der Waals surface area contributed by atoms with Crippen molar-refractivity contribution in [3.05, 3.63) is 23.2 Å². The van der Waals surface area contributed by atoms with E-state index in [9.17, 15) is 9.59 Å². The van der Waals surface area contributed by atoms with Crippen molar-refractivity contribution in [3.63, 3.8) is 0 Å². The molecular formula is C18H30N2O4. The molecule has 6 nitrogen and oxygen atoms in total. The van der Waals surface area contributed by atoms with E-state index in [0.29, 0.717) is 44.0 Å². The zero-order chi connectivity index (χ0) is 17.9. The lowest BCUT2D eigenvalue weighted by molar-refractivity contribution is -0.121. The summed E-state index contributed by atoms with van der Waals surface area (Å²) in [6, 6.07) is 1.77. The number of hydrogen-bond acceptors (Lipinski definition) is 4. The maximum Gasteiger partial charge on any atom is 0.257 e. The zero-order valence-corrected chi connectivity index (χ0v) is 15.3. The van der Waals surface area contributed by atoms with E-state index >= 15 is 0 Å². The first-order valence-corrected chi connectivity index (χ1v) is 8.61. The second-order valence-electron chi connectivity index (χ2n) is 5.92. The Bertz CT molecular complexity index is 525. The Kier molecular flexibility index (Phi) is 9.15. The number of aryl methyl sites for hydroxylation is 2. The first-order valence-electron chi connectivity index (χ1n) is 8.61. The number of amides is 2. The van der Waals surface area contributed by atoms with Crippen LogP contribution in [0.3, 0.4) is 0 Å². The highest BCUT2D eigenvalue weighted by Crippen LogP contribution is 2.16. The van der Waals surface area contributed by atoms with Gasteiger partial charge in [0.2, 0.25) is 5.91 Å². The summed E-state index contributed by atoms with van der Waals surface area (Å²) in [4.78, 5) is 26.4. The Morgan fingerprint density at radius 3 is 2.58 bits per heavy atom. The lowest BCUT2D eigenvalue weighted by atomic mass is 10.2. The number of carbonyl (C=O) groups is 2. The van der Waals surface area contributed by atoms with Gasteiger partial charge in [-0.3, -0.25) is 9.59 Å². The molecule has 0 aliphatic rings. The first-order chi connectivity index (χ1) is 11.5. The number of unbranched alkanes of at least 4 members (excludes halogenated alkanes) is 1. The fourth-order valence-corrected chi connectivity index (χ4v) is 2.45. The number of hydrogen-bond donors (Lipinski definition) is 1. The smallest absolute Gasteiger partial charge is 0.257 e. The van der Waals surface area contributed by atoms with Crippen molar-refractivity contribution in [3.8, 4) is 0 Å². The second kappa shape index (κ2) is 10.9. The van der Waals surface area contributed by atoms with Crippen molar-refractivity contribution < 1.29 is 18.7 Å². The highest BCUT2D eigenvalue weighted by molar-refractivity contribution is 5.95. The molecule has 1 rings (SSSR count). The molecule has 24 heavy (non-hydrogen) atoms. The maximum atomic E-state index is 12.7. The fourth-order valence-electron chi connectivity index (χ4n) is 2.45. The van der Waals surface area contributed by atoms with E-state index in [1.54, 1.807) is 25.0 Å². The highest BCUT2D eigenvalue weighted by Gasteiger charge is 2.20. The number of nitrogens with one attached hydrogen (secondary N) is 1. The Morgan fingerprint density at radius 2 is 2.00 bits per heavy atom.